The Morgan fingerprint density at radius 3 is 1.43 bits per heavy atom. The molecule has 0 aromatic carbocycles. The molecule has 0 aromatic heterocycles. The number of aliphatic hydroxyl groups is 5. The maximum atomic E-state index is 13.1. The summed E-state index contributed by atoms with van der Waals surface area (Å²) in [5.41, 5.74) is 0. The van der Waals surface area contributed by atoms with E-state index in [2.05, 4.69) is 23.3 Å². The minimum absolute atomic E-state index is 0.248. The number of hydrogen-bond donors (Lipinski definition) is 7. The minimum atomic E-state index is -5.12. The third-order valence-electron chi connectivity index (χ3n) is 12.4. The van der Waals surface area contributed by atoms with Gasteiger partial charge in [-0.05, 0) is 19.3 Å². The average Bonchev–Trinajstić information content (AvgIpc) is 3.25. The van der Waals surface area contributed by atoms with Crippen molar-refractivity contribution in [3.8, 4) is 0 Å². The Bertz CT molecular complexity index is 1190. The third kappa shape index (κ3) is 32.2. The fourth-order valence-electron chi connectivity index (χ4n) is 8.34. The first-order valence-electron chi connectivity index (χ1n) is 25.7. The van der Waals surface area contributed by atoms with Crippen LogP contribution in [-0.2, 0) is 28.9 Å². The molecule has 8 atom stereocenters. The standard InChI is InChI=1S/C49H95NO12S/c1-3-5-7-9-11-13-15-17-18-19-20-21-22-23-24-25-26-28-30-32-34-36-38-43(53)48(56)50-41(42(52)37-35-33-31-29-27-16-14-12-10-8-6-4-2)40-60-49-46(55)47(62-63(57,58)59)45(54)44(39-51)61-49/h35,37,41-47,49,51-55H,3-34,36,38-40H2,1-2H3,(H,50,56)(H,57,58,59)/b37-35+. The molecule has 0 aromatic rings. The number of nitrogens with one attached hydrogen (secondary N) is 1. The topological polar surface area (TPSA) is 212 Å². The Labute approximate surface area is 383 Å². The fourth-order valence-corrected chi connectivity index (χ4v) is 8.85. The van der Waals surface area contributed by atoms with Gasteiger partial charge in [0.2, 0.25) is 5.91 Å². The van der Waals surface area contributed by atoms with Crippen LogP contribution in [0.5, 0.6) is 0 Å². The van der Waals surface area contributed by atoms with Crippen molar-refractivity contribution in [2.75, 3.05) is 13.2 Å². The van der Waals surface area contributed by atoms with Crippen molar-refractivity contribution >= 4 is 16.3 Å². The Morgan fingerprint density at radius 1 is 0.635 bits per heavy atom. The van der Waals surface area contributed by atoms with Gasteiger partial charge in [-0.15, -0.1) is 0 Å². The molecular weight excluding hydrogens is 827 g/mol. The van der Waals surface area contributed by atoms with Gasteiger partial charge in [0.15, 0.2) is 6.29 Å². The number of hydrogen-bond acceptors (Lipinski definition) is 11. The number of rotatable bonds is 44. The molecule has 374 valence electrons. The predicted octanol–water partition coefficient (Wildman–Crippen LogP) is 9.70. The summed E-state index contributed by atoms with van der Waals surface area (Å²) < 4.78 is 47.5. The molecule has 14 heteroatoms. The predicted molar refractivity (Wildman–Crippen MR) is 252 cm³/mol. The molecule has 1 heterocycles. The summed E-state index contributed by atoms with van der Waals surface area (Å²) in [5.74, 6) is -0.699. The maximum Gasteiger partial charge on any atom is 0.397 e. The average molecular weight is 922 g/mol. The van der Waals surface area contributed by atoms with Crippen molar-refractivity contribution in [3.63, 3.8) is 0 Å². The highest BCUT2D eigenvalue weighted by Crippen LogP contribution is 2.26. The van der Waals surface area contributed by atoms with Crippen LogP contribution in [0.1, 0.15) is 232 Å². The first-order valence-corrected chi connectivity index (χ1v) is 27.0. The molecule has 7 N–H and O–H groups in total. The SMILES string of the molecule is CCCCCCCCCCCC/C=C/C(O)C(COC1OC(CO)C(O)C(OS(=O)(=O)O)C1O)NC(=O)C(O)CCCCCCCCCCCCCCCCCCCCCCCC. The molecule has 1 rings (SSSR count). The molecule has 8 unspecified atom stereocenters. The van der Waals surface area contributed by atoms with Crippen LogP contribution in [0.3, 0.4) is 0 Å². The number of amides is 1. The number of unbranched alkanes of at least 4 members (excludes halogenated alkanes) is 31. The van der Waals surface area contributed by atoms with E-state index in [1.54, 1.807) is 0 Å². The van der Waals surface area contributed by atoms with Gasteiger partial charge in [0.25, 0.3) is 0 Å². The van der Waals surface area contributed by atoms with Gasteiger partial charge in [-0.25, -0.2) is 4.18 Å². The summed E-state index contributed by atoms with van der Waals surface area (Å²) in [6.07, 6.45) is 33.0. The summed E-state index contributed by atoms with van der Waals surface area (Å²) in [5, 5.41) is 55.3. The van der Waals surface area contributed by atoms with E-state index < -0.39 is 78.5 Å². The Morgan fingerprint density at radius 2 is 1.03 bits per heavy atom. The highest BCUT2D eigenvalue weighted by Gasteiger charge is 2.48. The van der Waals surface area contributed by atoms with Crippen LogP contribution < -0.4 is 5.32 Å². The summed E-state index contributed by atoms with van der Waals surface area (Å²) in [6, 6.07) is -1.11. The second-order valence-corrected chi connectivity index (χ2v) is 19.3. The number of allylic oxidation sites excluding steroid dienone is 1. The summed E-state index contributed by atoms with van der Waals surface area (Å²) in [4.78, 5) is 13.1. The van der Waals surface area contributed by atoms with Crippen molar-refractivity contribution in [1.82, 2.24) is 5.32 Å². The first-order chi connectivity index (χ1) is 30.4. The van der Waals surface area contributed by atoms with E-state index in [-0.39, 0.29) is 6.42 Å². The number of aliphatic hydroxyl groups excluding tert-OH is 5. The molecule has 1 saturated heterocycles. The fraction of sp³-hybridized carbons (Fsp3) is 0.939. The molecule has 1 aliphatic heterocycles. The Balaban J connectivity index is 2.44. The molecule has 1 amide bonds. The second kappa shape index (κ2) is 39.9. The van der Waals surface area contributed by atoms with Gasteiger partial charge in [-0.3, -0.25) is 9.35 Å². The van der Waals surface area contributed by atoms with Crippen LogP contribution in [-0.4, -0.2) is 107 Å². The molecule has 0 aliphatic carbocycles. The lowest BCUT2D eigenvalue weighted by atomic mass is 9.99. The largest absolute Gasteiger partial charge is 0.397 e. The van der Waals surface area contributed by atoms with E-state index in [0.717, 1.165) is 38.5 Å². The van der Waals surface area contributed by atoms with Crippen molar-refractivity contribution in [2.24, 2.45) is 0 Å². The number of ether oxygens (including phenoxy) is 2. The molecule has 0 saturated carbocycles. The monoisotopic (exact) mass is 922 g/mol. The second-order valence-electron chi connectivity index (χ2n) is 18.3. The summed E-state index contributed by atoms with van der Waals surface area (Å²) in [7, 11) is -5.12. The molecule has 63 heavy (non-hydrogen) atoms. The number of carbonyl (C=O) groups is 1. The molecular formula is C49H95NO12S. The van der Waals surface area contributed by atoms with E-state index in [1.165, 1.54) is 167 Å². The Hall–Kier alpha value is -1.20. The molecule has 13 nitrogen and oxygen atoms in total. The van der Waals surface area contributed by atoms with Crippen LogP contribution in [0.15, 0.2) is 12.2 Å². The van der Waals surface area contributed by atoms with Crippen LogP contribution in [0, 0.1) is 0 Å². The zero-order valence-corrected chi connectivity index (χ0v) is 40.6. The van der Waals surface area contributed by atoms with Crippen molar-refractivity contribution in [2.45, 2.75) is 281 Å². The lowest BCUT2D eigenvalue weighted by Gasteiger charge is -2.41. The first kappa shape index (κ1) is 59.8. The highest BCUT2D eigenvalue weighted by molar-refractivity contribution is 7.80. The van der Waals surface area contributed by atoms with Crippen LogP contribution in [0.25, 0.3) is 0 Å². The van der Waals surface area contributed by atoms with E-state index in [0.29, 0.717) is 12.8 Å². The Kier molecular flexibility index (Phi) is 37.9. The van der Waals surface area contributed by atoms with Gasteiger partial charge < -0.3 is 40.3 Å². The molecule has 1 fully saturated rings. The van der Waals surface area contributed by atoms with Gasteiger partial charge in [0, 0.05) is 0 Å². The molecule has 1 aliphatic rings. The number of carbonyl (C=O) groups excluding carboxylic acids is 1. The smallest absolute Gasteiger partial charge is 0.394 e. The van der Waals surface area contributed by atoms with Gasteiger partial charge >= 0.3 is 10.4 Å². The maximum absolute atomic E-state index is 13.1. The zero-order valence-electron chi connectivity index (χ0n) is 39.8. The van der Waals surface area contributed by atoms with E-state index in [1.807, 2.05) is 6.08 Å². The van der Waals surface area contributed by atoms with Gasteiger partial charge in [0.1, 0.15) is 30.5 Å². The van der Waals surface area contributed by atoms with Crippen molar-refractivity contribution < 1.29 is 57.0 Å². The lowest BCUT2D eigenvalue weighted by molar-refractivity contribution is -0.298. The summed E-state index contributed by atoms with van der Waals surface area (Å²) in [6.45, 7) is 3.23. The van der Waals surface area contributed by atoms with E-state index in [9.17, 15) is 43.3 Å². The van der Waals surface area contributed by atoms with Crippen LogP contribution >= 0.6 is 0 Å². The quantitative estimate of drug-likeness (QED) is 0.0173. The van der Waals surface area contributed by atoms with Crippen molar-refractivity contribution in [3.05, 3.63) is 12.2 Å². The van der Waals surface area contributed by atoms with Gasteiger partial charge in [0.05, 0.1) is 25.4 Å². The molecule has 0 spiro atoms. The normalized spacial score (nSPS) is 20.9. The van der Waals surface area contributed by atoms with Crippen LogP contribution in [0.4, 0.5) is 0 Å². The third-order valence-corrected chi connectivity index (χ3v) is 12.9. The molecule has 0 radical (unpaired) electrons. The summed E-state index contributed by atoms with van der Waals surface area (Å²) >= 11 is 0. The minimum Gasteiger partial charge on any atom is -0.394 e. The van der Waals surface area contributed by atoms with Gasteiger partial charge in [-0.2, -0.15) is 8.42 Å². The lowest BCUT2D eigenvalue weighted by Crippen LogP contribution is -2.61. The van der Waals surface area contributed by atoms with Crippen LogP contribution in [0.2, 0.25) is 0 Å². The van der Waals surface area contributed by atoms with E-state index in [4.69, 9.17) is 9.47 Å². The van der Waals surface area contributed by atoms with E-state index >= 15 is 0 Å². The molecule has 0 bridgehead atoms. The van der Waals surface area contributed by atoms with Crippen molar-refractivity contribution in [1.29, 1.82) is 0 Å². The van der Waals surface area contributed by atoms with Gasteiger partial charge in [-0.1, -0.05) is 225 Å². The highest BCUT2D eigenvalue weighted by atomic mass is 32.3. The zero-order chi connectivity index (χ0) is 46.4.